The van der Waals surface area contributed by atoms with Gasteiger partial charge in [0, 0.05) is 24.3 Å². The average Bonchev–Trinajstić information content (AvgIpc) is 2.88. The molecule has 0 saturated carbocycles. The molecule has 0 aliphatic carbocycles. The van der Waals surface area contributed by atoms with E-state index in [0.29, 0.717) is 24.2 Å². The molecule has 122 valence electrons. The van der Waals surface area contributed by atoms with Crippen LogP contribution in [-0.4, -0.2) is 33.7 Å². The maximum Gasteiger partial charge on any atom is 0.254 e. The molecule has 0 spiro atoms. The van der Waals surface area contributed by atoms with Gasteiger partial charge in [-0.25, -0.2) is 4.39 Å². The average molecular weight is 315 g/mol. The lowest BCUT2D eigenvalue weighted by Gasteiger charge is -2.33. The number of benzene rings is 1. The monoisotopic (exact) mass is 315 g/mol. The van der Waals surface area contributed by atoms with Gasteiger partial charge in [0.1, 0.15) is 5.82 Å². The second-order valence-corrected chi connectivity index (χ2v) is 6.38. The van der Waals surface area contributed by atoms with Crippen molar-refractivity contribution in [1.82, 2.24) is 14.7 Å². The summed E-state index contributed by atoms with van der Waals surface area (Å²) in [5.74, 6) is -0.432. The molecule has 1 aromatic heterocycles. The van der Waals surface area contributed by atoms with Crippen LogP contribution in [0.5, 0.6) is 0 Å². The minimum Gasteiger partial charge on any atom is -0.337 e. The topological polar surface area (TPSA) is 38.1 Å². The highest BCUT2D eigenvalue weighted by molar-refractivity contribution is 5.94. The third-order valence-corrected chi connectivity index (χ3v) is 4.49. The number of hydrogen-bond donors (Lipinski definition) is 0. The molecule has 1 fully saturated rings. The van der Waals surface area contributed by atoms with Crippen LogP contribution in [0, 0.1) is 26.6 Å². The second-order valence-electron chi connectivity index (χ2n) is 6.38. The van der Waals surface area contributed by atoms with Crippen LogP contribution < -0.4 is 0 Å². The third kappa shape index (κ3) is 3.14. The fourth-order valence-electron chi connectivity index (χ4n) is 3.26. The summed E-state index contributed by atoms with van der Waals surface area (Å²) in [7, 11) is 0. The Morgan fingerprint density at radius 1 is 1.26 bits per heavy atom. The Morgan fingerprint density at radius 2 is 2.04 bits per heavy atom. The number of aromatic nitrogens is 2. The van der Waals surface area contributed by atoms with E-state index >= 15 is 0 Å². The van der Waals surface area contributed by atoms with Crippen molar-refractivity contribution in [2.24, 2.45) is 0 Å². The van der Waals surface area contributed by atoms with Crippen molar-refractivity contribution in [2.45, 2.75) is 39.7 Å². The Balaban J connectivity index is 1.79. The molecule has 4 nitrogen and oxygen atoms in total. The van der Waals surface area contributed by atoms with Crippen LogP contribution in [0.1, 0.15) is 46.2 Å². The number of rotatable bonds is 2. The van der Waals surface area contributed by atoms with Crippen LogP contribution in [0.15, 0.2) is 24.3 Å². The first-order valence-corrected chi connectivity index (χ1v) is 8.04. The maximum atomic E-state index is 13.7. The zero-order chi connectivity index (χ0) is 16.6. The number of aryl methyl sites for hydroxylation is 3. The van der Waals surface area contributed by atoms with Crippen molar-refractivity contribution in [3.63, 3.8) is 0 Å². The van der Waals surface area contributed by atoms with E-state index in [9.17, 15) is 9.18 Å². The zero-order valence-electron chi connectivity index (χ0n) is 13.8. The number of carbonyl (C=O) groups is 1. The van der Waals surface area contributed by atoms with Crippen molar-refractivity contribution in [2.75, 3.05) is 13.1 Å². The van der Waals surface area contributed by atoms with Crippen LogP contribution in [0.4, 0.5) is 4.39 Å². The molecule has 1 amide bonds. The summed E-state index contributed by atoms with van der Waals surface area (Å²) in [6.07, 6.45) is 1.94. The summed E-state index contributed by atoms with van der Waals surface area (Å²) in [6, 6.07) is 6.94. The molecule has 2 aromatic rings. The van der Waals surface area contributed by atoms with Crippen molar-refractivity contribution < 1.29 is 9.18 Å². The largest absolute Gasteiger partial charge is 0.337 e. The minimum atomic E-state index is -0.331. The quantitative estimate of drug-likeness (QED) is 0.851. The van der Waals surface area contributed by atoms with Crippen LogP contribution in [0.3, 0.4) is 0 Å². The minimum absolute atomic E-state index is 0.102. The van der Waals surface area contributed by atoms with Crippen molar-refractivity contribution >= 4 is 5.91 Å². The van der Waals surface area contributed by atoms with Gasteiger partial charge < -0.3 is 4.90 Å². The molecule has 0 bridgehead atoms. The molecular weight excluding hydrogens is 293 g/mol. The number of halogens is 1. The lowest BCUT2D eigenvalue weighted by atomic mass is 10.0. The van der Waals surface area contributed by atoms with Crippen LogP contribution in [-0.2, 0) is 0 Å². The van der Waals surface area contributed by atoms with Gasteiger partial charge in [-0.3, -0.25) is 9.48 Å². The molecule has 0 N–H and O–H groups in total. The Hall–Kier alpha value is -2.17. The number of nitrogens with zero attached hydrogens (tertiary/aromatic N) is 3. The molecule has 1 aliphatic heterocycles. The van der Waals surface area contributed by atoms with E-state index in [1.165, 1.54) is 6.07 Å². The van der Waals surface area contributed by atoms with Gasteiger partial charge in [-0.2, -0.15) is 5.10 Å². The highest BCUT2D eigenvalue weighted by atomic mass is 19.1. The van der Waals surface area contributed by atoms with E-state index in [2.05, 4.69) is 11.2 Å². The molecule has 3 rings (SSSR count). The number of carbonyl (C=O) groups excluding carboxylic acids is 1. The maximum absolute atomic E-state index is 13.7. The van der Waals surface area contributed by atoms with Gasteiger partial charge in [0.25, 0.3) is 5.91 Å². The molecule has 1 saturated heterocycles. The predicted octanol–water partition coefficient (Wildman–Crippen LogP) is 3.42. The van der Waals surface area contributed by atoms with E-state index in [1.807, 2.05) is 23.4 Å². The van der Waals surface area contributed by atoms with Crippen molar-refractivity contribution in [3.8, 4) is 0 Å². The highest BCUT2D eigenvalue weighted by Crippen LogP contribution is 2.24. The normalized spacial score (nSPS) is 18.3. The number of piperidine rings is 1. The van der Waals surface area contributed by atoms with E-state index in [1.54, 1.807) is 19.1 Å². The Bertz CT molecular complexity index is 738. The summed E-state index contributed by atoms with van der Waals surface area (Å²) >= 11 is 0. The molecule has 2 heterocycles. The summed E-state index contributed by atoms with van der Waals surface area (Å²) in [4.78, 5) is 14.5. The fourth-order valence-corrected chi connectivity index (χ4v) is 3.26. The van der Waals surface area contributed by atoms with Crippen LogP contribution in [0.25, 0.3) is 0 Å². The van der Waals surface area contributed by atoms with Gasteiger partial charge in [-0.1, -0.05) is 6.07 Å². The lowest BCUT2D eigenvalue weighted by molar-refractivity contribution is 0.0671. The van der Waals surface area contributed by atoms with Gasteiger partial charge in [0.05, 0.1) is 11.7 Å². The Morgan fingerprint density at radius 3 is 2.70 bits per heavy atom. The molecule has 1 atom stereocenters. The molecule has 1 aliphatic rings. The first-order valence-electron chi connectivity index (χ1n) is 8.04. The summed E-state index contributed by atoms with van der Waals surface area (Å²) in [5, 5.41) is 4.54. The third-order valence-electron chi connectivity index (χ3n) is 4.49. The van der Waals surface area contributed by atoms with Gasteiger partial charge in [0.15, 0.2) is 0 Å². The number of amides is 1. The second kappa shape index (κ2) is 6.14. The molecule has 1 aromatic carbocycles. The van der Waals surface area contributed by atoms with Crippen LogP contribution in [0.2, 0.25) is 0 Å². The smallest absolute Gasteiger partial charge is 0.254 e. The lowest BCUT2D eigenvalue weighted by Crippen LogP contribution is -2.41. The predicted molar refractivity (Wildman–Crippen MR) is 87.0 cm³/mol. The van der Waals surface area contributed by atoms with Crippen molar-refractivity contribution in [1.29, 1.82) is 0 Å². The molecule has 1 unspecified atom stereocenters. The van der Waals surface area contributed by atoms with E-state index in [4.69, 9.17) is 0 Å². The van der Waals surface area contributed by atoms with Crippen LogP contribution >= 0.6 is 0 Å². The number of hydrogen-bond acceptors (Lipinski definition) is 2. The summed E-state index contributed by atoms with van der Waals surface area (Å²) in [6.45, 7) is 7.05. The molecule has 0 radical (unpaired) electrons. The summed E-state index contributed by atoms with van der Waals surface area (Å²) in [5.41, 5.74) is 3.08. The number of likely N-dealkylation sites (tertiary alicyclic amines) is 1. The standard InChI is InChI=1S/C18H22FN3O/c1-12-6-7-15(10-17(12)19)18(23)21-8-4-5-16(11-21)22-14(3)9-13(2)20-22/h6-7,9-10,16H,4-5,8,11H2,1-3H3. The van der Waals surface area contributed by atoms with E-state index in [-0.39, 0.29) is 17.8 Å². The first-order chi connectivity index (χ1) is 11.0. The highest BCUT2D eigenvalue weighted by Gasteiger charge is 2.27. The Labute approximate surface area is 135 Å². The Kier molecular flexibility index (Phi) is 4.20. The molecule has 23 heavy (non-hydrogen) atoms. The SMILES string of the molecule is Cc1cc(C)n(C2CCCN(C(=O)c3ccc(C)c(F)c3)C2)n1. The molecule has 5 heteroatoms. The van der Waals surface area contributed by atoms with Gasteiger partial charge in [-0.05, 0) is 57.4 Å². The van der Waals surface area contributed by atoms with E-state index in [0.717, 1.165) is 24.2 Å². The van der Waals surface area contributed by atoms with Gasteiger partial charge in [-0.15, -0.1) is 0 Å². The zero-order valence-corrected chi connectivity index (χ0v) is 13.8. The molecular formula is C18H22FN3O. The fraction of sp³-hybridized carbons (Fsp3) is 0.444. The van der Waals surface area contributed by atoms with E-state index < -0.39 is 0 Å². The van der Waals surface area contributed by atoms with Crippen molar-refractivity contribution in [3.05, 3.63) is 52.6 Å². The van der Waals surface area contributed by atoms with Gasteiger partial charge in [0.2, 0.25) is 0 Å². The summed E-state index contributed by atoms with van der Waals surface area (Å²) < 4.78 is 15.7. The first kappa shape index (κ1) is 15.7. The van der Waals surface area contributed by atoms with Gasteiger partial charge >= 0.3 is 0 Å².